The highest BCUT2D eigenvalue weighted by Crippen LogP contribution is 2.38. The summed E-state index contributed by atoms with van der Waals surface area (Å²) in [6.07, 6.45) is 0. The molecular weight excluding hydrogens is 817 g/mol. The fourth-order valence-corrected chi connectivity index (χ4v) is 9.51. The van der Waals surface area contributed by atoms with Crippen LogP contribution >= 0.6 is 0 Å². The smallest absolute Gasteiger partial charge is 0.0171 e. The van der Waals surface area contributed by atoms with Crippen LogP contribution in [0.4, 0.5) is 0 Å². The Labute approximate surface area is 401 Å². The van der Waals surface area contributed by atoms with E-state index >= 15 is 0 Å². The van der Waals surface area contributed by atoms with Crippen LogP contribution in [0.15, 0.2) is 267 Å². The summed E-state index contributed by atoms with van der Waals surface area (Å²) >= 11 is 0. The zero-order chi connectivity index (χ0) is 45.8. The molecule has 0 amide bonds. The van der Waals surface area contributed by atoms with Crippen molar-refractivity contribution in [2.45, 2.75) is 13.8 Å². The maximum absolute atomic E-state index is 2.36. The van der Waals surface area contributed by atoms with E-state index in [1.807, 2.05) is 0 Å². The van der Waals surface area contributed by atoms with Gasteiger partial charge in [-0.2, -0.15) is 0 Å². The van der Waals surface area contributed by atoms with Crippen molar-refractivity contribution in [2.75, 3.05) is 0 Å². The van der Waals surface area contributed by atoms with Crippen molar-refractivity contribution in [3.63, 3.8) is 0 Å². The standard InChI is InChI=1S/C68H50/c1-47-13-6-17-54(37-47)57-20-9-22-59(40-57)61-24-11-27-64(42-61)67-44-66(45-68(46-67)65-28-12-25-62(43-65)60-23-10-21-58(41-60)55-18-7-14-48(2)38-55)63-26-8-19-56(39-63)53-35-33-52(34-36-53)51-31-29-50(30-32-51)49-15-4-3-5-16-49/h3-46H,1-2H3. The number of rotatable bonds is 10. The molecule has 0 nitrogen and oxygen atoms in total. The molecule has 322 valence electrons. The SMILES string of the molecule is Cc1cccc(-c2cccc(-c3cccc(-c4cc(-c5cccc(-c6ccc(-c7ccc(-c8ccccc8)cc7)cc6)c5)cc(-c5cccc(-c6cccc(-c7cccc(C)c7)c6)c5)c4)c3)c2)c1. The first-order chi connectivity index (χ1) is 33.5. The minimum Gasteiger partial charge on any atom is -0.0622 e. The van der Waals surface area contributed by atoms with Crippen LogP contribution in [0.5, 0.6) is 0 Å². The molecule has 68 heavy (non-hydrogen) atoms. The molecule has 0 heteroatoms. The van der Waals surface area contributed by atoms with Gasteiger partial charge in [0.1, 0.15) is 0 Å². The average molecular weight is 867 g/mol. The normalized spacial score (nSPS) is 11.1. The van der Waals surface area contributed by atoms with Crippen molar-refractivity contribution < 1.29 is 0 Å². The van der Waals surface area contributed by atoms with Gasteiger partial charge in [0.15, 0.2) is 0 Å². The summed E-state index contributed by atoms with van der Waals surface area (Å²) in [6, 6.07) is 97.9. The van der Waals surface area contributed by atoms with E-state index in [2.05, 4.69) is 281 Å². The van der Waals surface area contributed by atoms with Crippen molar-refractivity contribution in [3.8, 4) is 111 Å². The maximum Gasteiger partial charge on any atom is -0.0171 e. The molecule has 0 bridgehead atoms. The third-order valence-electron chi connectivity index (χ3n) is 13.2. The molecule has 0 radical (unpaired) electrons. The Hall–Kier alpha value is -8.58. The van der Waals surface area contributed by atoms with E-state index in [1.165, 1.54) is 122 Å². The van der Waals surface area contributed by atoms with Gasteiger partial charge in [-0.3, -0.25) is 0 Å². The van der Waals surface area contributed by atoms with Crippen LogP contribution in [-0.4, -0.2) is 0 Å². The highest BCUT2D eigenvalue weighted by molar-refractivity contribution is 5.86. The maximum atomic E-state index is 2.36. The van der Waals surface area contributed by atoms with Crippen molar-refractivity contribution in [2.24, 2.45) is 0 Å². The minimum atomic E-state index is 1.17. The highest BCUT2D eigenvalue weighted by atomic mass is 14.2. The lowest BCUT2D eigenvalue weighted by Gasteiger charge is -2.14. The third kappa shape index (κ3) is 9.14. The summed E-state index contributed by atoms with van der Waals surface area (Å²) in [7, 11) is 0. The van der Waals surface area contributed by atoms with Gasteiger partial charge >= 0.3 is 0 Å². The molecule has 11 rings (SSSR count). The largest absolute Gasteiger partial charge is 0.0622 e. The quantitative estimate of drug-likeness (QED) is 0.128. The Balaban J connectivity index is 0.964. The Morgan fingerprint density at radius 2 is 0.309 bits per heavy atom. The lowest BCUT2D eigenvalue weighted by Crippen LogP contribution is -1.89. The zero-order valence-electron chi connectivity index (χ0n) is 38.4. The first kappa shape index (κ1) is 42.1. The van der Waals surface area contributed by atoms with E-state index in [-0.39, 0.29) is 0 Å². The highest BCUT2D eigenvalue weighted by Gasteiger charge is 2.13. The van der Waals surface area contributed by atoms with Crippen LogP contribution in [0, 0.1) is 13.8 Å². The van der Waals surface area contributed by atoms with Crippen LogP contribution in [0.2, 0.25) is 0 Å². The summed E-state index contributed by atoms with van der Waals surface area (Å²) in [5.74, 6) is 0. The second-order valence-corrected chi connectivity index (χ2v) is 18.0. The van der Waals surface area contributed by atoms with E-state index in [1.54, 1.807) is 0 Å². The van der Waals surface area contributed by atoms with E-state index < -0.39 is 0 Å². The number of hydrogen-bond donors (Lipinski definition) is 0. The molecule has 0 fully saturated rings. The average Bonchev–Trinajstić information content (AvgIpc) is 3.41. The monoisotopic (exact) mass is 866 g/mol. The number of hydrogen-bond acceptors (Lipinski definition) is 0. The van der Waals surface area contributed by atoms with Crippen LogP contribution in [0.3, 0.4) is 0 Å². The first-order valence-corrected chi connectivity index (χ1v) is 23.5. The van der Waals surface area contributed by atoms with Gasteiger partial charge in [-0.25, -0.2) is 0 Å². The Bertz CT molecular complexity index is 3400. The van der Waals surface area contributed by atoms with Gasteiger partial charge in [0, 0.05) is 0 Å². The second-order valence-electron chi connectivity index (χ2n) is 18.0. The Morgan fingerprint density at radius 1 is 0.132 bits per heavy atom. The molecule has 11 aromatic rings. The molecule has 0 heterocycles. The van der Waals surface area contributed by atoms with Gasteiger partial charge < -0.3 is 0 Å². The molecular formula is C68H50. The molecule has 0 aliphatic rings. The number of benzene rings is 11. The third-order valence-corrected chi connectivity index (χ3v) is 13.2. The summed E-state index contributed by atoms with van der Waals surface area (Å²) in [6.45, 7) is 4.31. The predicted molar refractivity (Wildman–Crippen MR) is 290 cm³/mol. The van der Waals surface area contributed by atoms with Gasteiger partial charge in [0.25, 0.3) is 0 Å². The lowest BCUT2D eigenvalue weighted by atomic mass is 9.90. The second kappa shape index (κ2) is 18.7. The van der Waals surface area contributed by atoms with Crippen LogP contribution in [0.25, 0.3) is 111 Å². The lowest BCUT2D eigenvalue weighted by molar-refractivity contribution is 1.47. The van der Waals surface area contributed by atoms with Gasteiger partial charge in [-0.15, -0.1) is 0 Å². The molecule has 0 saturated carbocycles. The minimum absolute atomic E-state index is 1.17. The molecule has 0 aromatic heterocycles. The van der Waals surface area contributed by atoms with Gasteiger partial charge in [0.2, 0.25) is 0 Å². The molecule has 0 spiro atoms. The van der Waals surface area contributed by atoms with Gasteiger partial charge in [-0.05, 0) is 174 Å². The summed E-state index contributed by atoms with van der Waals surface area (Å²) < 4.78 is 0. The summed E-state index contributed by atoms with van der Waals surface area (Å²) in [5, 5.41) is 0. The molecule has 0 aliphatic heterocycles. The molecule has 0 aliphatic carbocycles. The molecule has 11 aromatic carbocycles. The van der Waals surface area contributed by atoms with Crippen molar-refractivity contribution in [1.29, 1.82) is 0 Å². The van der Waals surface area contributed by atoms with Gasteiger partial charge in [-0.1, -0.05) is 230 Å². The number of aryl methyl sites for hydroxylation is 2. The molecule has 0 saturated heterocycles. The van der Waals surface area contributed by atoms with Crippen molar-refractivity contribution in [3.05, 3.63) is 278 Å². The van der Waals surface area contributed by atoms with E-state index in [0.717, 1.165) is 0 Å². The fraction of sp³-hybridized carbons (Fsp3) is 0.0294. The first-order valence-electron chi connectivity index (χ1n) is 23.5. The van der Waals surface area contributed by atoms with Gasteiger partial charge in [0.05, 0.1) is 0 Å². The molecule has 0 unspecified atom stereocenters. The zero-order valence-corrected chi connectivity index (χ0v) is 38.4. The predicted octanol–water partition coefficient (Wildman–Crippen LogP) is 19.0. The Kier molecular flexibility index (Phi) is 11.6. The van der Waals surface area contributed by atoms with Crippen molar-refractivity contribution in [1.82, 2.24) is 0 Å². The Morgan fingerprint density at radius 3 is 0.588 bits per heavy atom. The van der Waals surface area contributed by atoms with Crippen molar-refractivity contribution >= 4 is 0 Å². The topological polar surface area (TPSA) is 0 Å². The van der Waals surface area contributed by atoms with E-state index in [4.69, 9.17) is 0 Å². The van der Waals surface area contributed by atoms with Crippen LogP contribution in [-0.2, 0) is 0 Å². The summed E-state index contributed by atoms with van der Waals surface area (Å²) in [5.41, 5.74) is 26.5. The van der Waals surface area contributed by atoms with Crippen LogP contribution in [0.1, 0.15) is 11.1 Å². The van der Waals surface area contributed by atoms with Crippen LogP contribution < -0.4 is 0 Å². The molecule has 0 atom stereocenters. The molecule has 0 N–H and O–H groups in total. The fourth-order valence-electron chi connectivity index (χ4n) is 9.51. The van der Waals surface area contributed by atoms with E-state index in [9.17, 15) is 0 Å². The van der Waals surface area contributed by atoms with E-state index in [0.29, 0.717) is 0 Å². The summed E-state index contributed by atoms with van der Waals surface area (Å²) in [4.78, 5) is 0.